The molecule has 0 aliphatic rings. The van der Waals surface area contributed by atoms with Crippen LogP contribution in [0.1, 0.15) is 22.0 Å². The summed E-state index contributed by atoms with van der Waals surface area (Å²) in [6, 6.07) is 21.2. The van der Waals surface area contributed by atoms with Gasteiger partial charge in [-0.05, 0) is 35.7 Å². The van der Waals surface area contributed by atoms with E-state index in [2.05, 4.69) is 17.4 Å². The number of rotatable bonds is 7. The smallest absolute Gasteiger partial charge is 0.305 e. The van der Waals surface area contributed by atoms with E-state index in [-0.39, 0.29) is 16.0 Å². The maximum absolute atomic E-state index is 11.0. The summed E-state index contributed by atoms with van der Waals surface area (Å²) >= 11 is 7.15. The van der Waals surface area contributed by atoms with Crippen molar-refractivity contribution >= 4 is 27.9 Å². The second-order valence-corrected chi connectivity index (χ2v) is 7.21. The van der Waals surface area contributed by atoms with Gasteiger partial charge in [0.15, 0.2) is 0 Å². The molecule has 0 saturated heterocycles. The molecule has 3 rings (SSSR count). The molecule has 0 fully saturated rings. The Morgan fingerprint density at radius 1 is 1.00 bits per heavy atom. The van der Waals surface area contributed by atoms with E-state index < -0.39 is 0 Å². The molecule has 4 nitrogen and oxygen atoms in total. The molecule has 3 aromatic rings. The van der Waals surface area contributed by atoms with Gasteiger partial charge in [-0.1, -0.05) is 65.4 Å². The Labute approximate surface area is 155 Å². The lowest BCUT2D eigenvalue weighted by atomic mass is 10.0. The first-order valence-corrected chi connectivity index (χ1v) is 9.07. The number of nitrogens with zero attached hydrogens (tertiary/aromatic N) is 1. The number of benzene rings is 2. The van der Waals surface area contributed by atoms with Gasteiger partial charge in [0.25, 0.3) is 0 Å². The molecule has 0 aliphatic carbocycles. The zero-order valence-corrected chi connectivity index (χ0v) is 15.0. The fourth-order valence-corrected chi connectivity index (χ4v) is 3.62. The zero-order chi connectivity index (χ0) is 17.6. The van der Waals surface area contributed by atoms with Crippen molar-refractivity contribution in [1.29, 1.82) is 0 Å². The zero-order valence-electron chi connectivity index (χ0n) is 13.4. The van der Waals surface area contributed by atoms with Crippen LogP contribution in [0, 0.1) is 10.1 Å². The quantitative estimate of drug-likeness (QED) is 0.447. The first-order valence-electron chi connectivity index (χ1n) is 7.87. The van der Waals surface area contributed by atoms with Gasteiger partial charge in [0.2, 0.25) is 0 Å². The fourth-order valence-electron chi connectivity index (χ4n) is 2.59. The summed E-state index contributed by atoms with van der Waals surface area (Å²) in [5.41, 5.74) is 2.31. The maximum atomic E-state index is 11.0. The van der Waals surface area contributed by atoms with Crippen LogP contribution in [0.15, 0.2) is 66.7 Å². The Morgan fingerprint density at radius 2 is 1.72 bits per heavy atom. The van der Waals surface area contributed by atoms with Crippen LogP contribution < -0.4 is 5.32 Å². The van der Waals surface area contributed by atoms with Crippen LogP contribution in [0.3, 0.4) is 0 Å². The number of hydrogen-bond donors (Lipinski definition) is 1. The van der Waals surface area contributed by atoms with Crippen molar-refractivity contribution in [3.05, 3.63) is 97.9 Å². The summed E-state index contributed by atoms with van der Waals surface area (Å²) in [5, 5.41) is 15.4. The minimum absolute atomic E-state index is 0.0109. The Morgan fingerprint density at radius 3 is 2.36 bits per heavy atom. The Bertz CT molecular complexity index is 834. The lowest BCUT2D eigenvalue weighted by Gasteiger charge is -2.17. The van der Waals surface area contributed by atoms with Crippen molar-refractivity contribution in [3.63, 3.8) is 0 Å². The summed E-state index contributed by atoms with van der Waals surface area (Å²) in [7, 11) is 0. The van der Waals surface area contributed by atoms with E-state index in [0.29, 0.717) is 11.6 Å². The topological polar surface area (TPSA) is 55.2 Å². The van der Waals surface area contributed by atoms with Crippen LogP contribution in [0.25, 0.3) is 0 Å². The predicted molar refractivity (Wildman–Crippen MR) is 102 cm³/mol. The molecule has 0 amide bonds. The summed E-state index contributed by atoms with van der Waals surface area (Å²) in [6.07, 6.45) is 0.770. The Kier molecular flexibility index (Phi) is 5.81. The van der Waals surface area contributed by atoms with Crippen LogP contribution in [0.5, 0.6) is 0 Å². The standard InChI is InChI=1S/C19H17ClN2O2S/c20-16-8-6-15(7-9-16)13-21-17(12-14-4-2-1-3-5-14)18-10-11-19(25-18)22(23)24/h1-11,17,21H,12-13H2. The summed E-state index contributed by atoms with van der Waals surface area (Å²) < 4.78 is 0. The molecular formula is C19H17ClN2O2S. The highest BCUT2D eigenvalue weighted by atomic mass is 35.5. The maximum Gasteiger partial charge on any atom is 0.324 e. The highest BCUT2D eigenvalue weighted by Crippen LogP contribution is 2.31. The van der Waals surface area contributed by atoms with Gasteiger partial charge in [0, 0.05) is 28.6 Å². The van der Waals surface area contributed by atoms with Crippen LogP contribution in [0.2, 0.25) is 5.02 Å². The van der Waals surface area contributed by atoms with Crippen molar-refractivity contribution in [1.82, 2.24) is 5.32 Å². The van der Waals surface area contributed by atoms with Gasteiger partial charge in [0.05, 0.1) is 4.92 Å². The number of nitrogens with one attached hydrogen (secondary N) is 1. The summed E-state index contributed by atoms with van der Waals surface area (Å²) in [4.78, 5) is 11.6. The van der Waals surface area contributed by atoms with Gasteiger partial charge < -0.3 is 5.32 Å². The fraction of sp³-hybridized carbons (Fsp3) is 0.158. The lowest BCUT2D eigenvalue weighted by molar-refractivity contribution is -0.380. The van der Waals surface area contributed by atoms with E-state index in [1.807, 2.05) is 48.5 Å². The van der Waals surface area contributed by atoms with E-state index in [0.717, 1.165) is 16.9 Å². The monoisotopic (exact) mass is 372 g/mol. The second-order valence-electron chi connectivity index (χ2n) is 5.68. The molecule has 1 N–H and O–H groups in total. The van der Waals surface area contributed by atoms with Crippen molar-refractivity contribution in [3.8, 4) is 0 Å². The number of hydrogen-bond acceptors (Lipinski definition) is 4. The van der Waals surface area contributed by atoms with Crippen LogP contribution >= 0.6 is 22.9 Å². The van der Waals surface area contributed by atoms with Crippen LogP contribution in [-0.4, -0.2) is 4.92 Å². The van der Waals surface area contributed by atoms with Gasteiger partial charge in [-0.2, -0.15) is 0 Å². The molecule has 0 radical (unpaired) electrons. The van der Waals surface area contributed by atoms with Crippen molar-refractivity contribution < 1.29 is 4.92 Å². The first-order chi connectivity index (χ1) is 12.1. The molecule has 25 heavy (non-hydrogen) atoms. The highest BCUT2D eigenvalue weighted by molar-refractivity contribution is 7.15. The summed E-state index contributed by atoms with van der Waals surface area (Å²) in [6.45, 7) is 0.667. The first kappa shape index (κ1) is 17.6. The van der Waals surface area contributed by atoms with E-state index in [4.69, 9.17) is 11.6 Å². The molecular weight excluding hydrogens is 356 g/mol. The molecule has 1 heterocycles. The van der Waals surface area contributed by atoms with Gasteiger partial charge in [-0.25, -0.2) is 0 Å². The molecule has 1 unspecified atom stereocenters. The molecule has 1 atom stereocenters. The normalized spacial score (nSPS) is 12.0. The van der Waals surface area contributed by atoms with Gasteiger partial charge in [-0.3, -0.25) is 10.1 Å². The van der Waals surface area contributed by atoms with E-state index in [9.17, 15) is 10.1 Å². The number of thiophene rings is 1. The average molecular weight is 373 g/mol. The largest absolute Gasteiger partial charge is 0.324 e. The molecule has 0 spiro atoms. The van der Waals surface area contributed by atoms with Crippen LogP contribution in [-0.2, 0) is 13.0 Å². The highest BCUT2D eigenvalue weighted by Gasteiger charge is 2.18. The second kappa shape index (κ2) is 8.25. The third kappa shape index (κ3) is 4.89. The molecule has 0 saturated carbocycles. The van der Waals surface area contributed by atoms with Crippen molar-refractivity contribution in [2.75, 3.05) is 0 Å². The Balaban J connectivity index is 1.77. The molecule has 1 aromatic heterocycles. The van der Waals surface area contributed by atoms with Crippen LogP contribution in [0.4, 0.5) is 5.00 Å². The van der Waals surface area contributed by atoms with E-state index >= 15 is 0 Å². The molecule has 6 heteroatoms. The van der Waals surface area contributed by atoms with E-state index in [1.165, 1.54) is 16.9 Å². The Hall–Kier alpha value is -2.21. The molecule has 2 aromatic carbocycles. The predicted octanol–water partition coefficient (Wildman–Crippen LogP) is 5.38. The van der Waals surface area contributed by atoms with Gasteiger partial charge >= 0.3 is 5.00 Å². The minimum atomic E-state index is -0.340. The number of halogens is 1. The molecule has 0 aliphatic heterocycles. The minimum Gasteiger partial charge on any atom is -0.305 e. The van der Waals surface area contributed by atoms with E-state index in [1.54, 1.807) is 6.07 Å². The molecule has 128 valence electrons. The van der Waals surface area contributed by atoms with Gasteiger partial charge in [-0.15, -0.1) is 0 Å². The molecule has 0 bridgehead atoms. The third-order valence-electron chi connectivity index (χ3n) is 3.88. The summed E-state index contributed by atoms with van der Waals surface area (Å²) in [5.74, 6) is 0. The third-order valence-corrected chi connectivity index (χ3v) is 5.29. The number of nitro groups is 1. The van der Waals surface area contributed by atoms with Crippen molar-refractivity contribution in [2.24, 2.45) is 0 Å². The SMILES string of the molecule is O=[N+]([O-])c1ccc(C(Cc2ccccc2)NCc2ccc(Cl)cc2)s1. The average Bonchev–Trinajstić information content (AvgIpc) is 3.11. The van der Waals surface area contributed by atoms with Crippen molar-refractivity contribution in [2.45, 2.75) is 19.0 Å². The van der Waals surface area contributed by atoms with Gasteiger partial charge in [0.1, 0.15) is 0 Å². The lowest BCUT2D eigenvalue weighted by Crippen LogP contribution is -2.22.